The van der Waals surface area contributed by atoms with Crippen LogP contribution in [0.3, 0.4) is 0 Å². The van der Waals surface area contributed by atoms with Crippen LogP contribution in [0.15, 0.2) is 0 Å². The Morgan fingerprint density at radius 3 is 2.57 bits per heavy atom. The fraction of sp³-hybridized carbons (Fsp3) is 0.909. The maximum atomic E-state index is 11.0. The Kier molecular flexibility index (Phi) is 8.64. The van der Waals surface area contributed by atoms with Gasteiger partial charge in [0.15, 0.2) is 0 Å². The van der Waals surface area contributed by atoms with E-state index in [0.717, 1.165) is 12.8 Å². The summed E-state index contributed by atoms with van der Waals surface area (Å²) in [6.07, 6.45) is 4.62. The normalized spacial score (nSPS) is 12.5. The van der Waals surface area contributed by atoms with Gasteiger partial charge in [-0.25, -0.2) is 4.79 Å². The van der Waals surface area contributed by atoms with E-state index in [9.17, 15) is 4.79 Å². The summed E-state index contributed by atoms with van der Waals surface area (Å²) >= 11 is 0. The average molecular weight is 202 g/mol. The summed E-state index contributed by atoms with van der Waals surface area (Å²) in [5.74, 6) is 0.248. The third-order valence-corrected chi connectivity index (χ3v) is 2.29. The van der Waals surface area contributed by atoms with Crippen LogP contribution in [0.2, 0.25) is 0 Å². The molecule has 3 heteroatoms. The van der Waals surface area contributed by atoms with E-state index in [0.29, 0.717) is 12.5 Å². The number of carbonyl (C=O) groups is 1. The Morgan fingerprint density at radius 1 is 1.36 bits per heavy atom. The quantitative estimate of drug-likeness (QED) is 0.567. The van der Waals surface area contributed by atoms with Gasteiger partial charge in [-0.3, -0.25) is 0 Å². The summed E-state index contributed by atoms with van der Waals surface area (Å²) in [5.41, 5.74) is 0. The van der Waals surface area contributed by atoms with Crippen LogP contribution in [0.25, 0.3) is 0 Å². The third-order valence-electron chi connectivity index (χ3n) is 2.29. The summed E-state index contributed by atoms with van der Waals surface area (Å²) < 4.78 is 9.74. The fourth-order valence-electron chi connectivity index (χ4n) is 1.27. The smallest absolute Gasteiger partial charge is 0.332 e. The monoisotopic (exact) mass is 202 g/mol. The lowest BCUT2D eigenvalue weighted by Crippen LogP contribution is -2.17. The van der Waals surface area contributed by atoms with Gasteiger partial charge in [-0.15, -0.1) is 0 Å². The Bertz CT molecular complexity index is 145. The molecule has 0 N–H and O–H groups in total. The van der Waals surface area contributed by atoms with Crippen molar-refractivity contribution in [2.45, 2.75) is 39.5 Å². The van der Waals surface area contributed by atoms with Crippen LogP contribution in [0.5, 0.6) is 0 Å². The number of unbranched alkanes of at least 4 members (excludes halogenated alkanes) is 1. The summed E-state index contributed by atoms with van der Waals surface area (Å²) in [7, 11) is 1.50. The van der Waals surface area contributed by atoms with Crippen molar-refractivity contribution in [3.05, 3.63) is 0 Å². The molecule has 0 saturated heterocycles. The highest BCUT2D eigenvalue weighted by Crippen LogP contribution is 2.12. The van der Waals surface area contributed by atoms with E-state index in [1.807, 2.05) is 0 Å². The molecule has 14 heavy (non-hydrogen) atoms. The predicted octanol–water partition coefficient (Wildman–Crippen LogP) is 2.39. The summed E-state index contributed by atoms with van der Waals surface area (Å²) in [6.45, 7) is 4.90. The minimum atomic E-state index is -0.262. The summed E-state index contributed by atoms with van der Waals surface area (Å²) in [5, 5.41) is 0. The minimum absolute atomic E-state index is 0.0597. The van der Waals surface area contributed by atoms with Crippen molar-refractivity contribution in [3.63, 3.8) is 0 Å². The van der Waals surface area contributed by atoms with E-state index in [-0.39, 0.29) is 12.6 Å². The van der Waals surface area contributed by atoms with Crippen molar-refractivity contribution in [1.29, 1.82) is 0 Å². The minimum Gasteiger partial charge on any atom is -0.464 e. The molecule has 0 heterocycles. The molecule has 1 atom stereocenters. The predicted molar refractivity (Wildman–Crippen MR) is 56.1 cm³/mol. The van der Waals surface area contributed by atoms with E-state index in [4.69, 9.17) is 4.74 Å². The van der Waals surface area contributed by atoms with Crippen molar-refractivity contribution in [2.75, 3.05) is 20.3 Å². The van der Waals surface area contributed by atoms with Crippen LogP contribution in [0.4, 0.5) is 0 Å². The number of methoxy groups -OCH3 is 1. The Balaban J connectivity index is 3.55. The molecule has 3 nitrogen and oxygen atoms in total. The second kappa shape index (κ2) is 9.00. The average Bonchev–Trinajstić information content (AvgIpc) is 2.19. The van der Waals surface area contributed by atoms with Gasteiger partial charge in [0, 0.05) is 7.11 Å². The van der Waals surface area contributed by atoms with Gasteiger partial charge in [0.2, 0.25) is 0 Å². The first kappa shape index (κ1) is 13.4. The molecule has 0 amide bonds. The van der Waals surface area contributed by atoms with Gasteiger partial charge in [0.05, 0.1) is 6.61 Å². The van der Waals surface area contributed by atoms with E-state index >= 15 is 0 Å². The zero-order valence-corrected chi connectivity index (χ0v) is 9.54. The van der Waals surface area contributed by atoms with Gasteiger partial charge in [-0.1, -0.05) is 33.1 Å². The van der Waals surface area contributed by atoms with Crippen molar-refractivity contribution in [3.8, 4) is 0 Å². The molecule has 0 aromatic heterocycles. The van der Waals surface area contributed by atoms with Crippen LogP contribution >= 0.6 is 0 Å². The number of hydrogen-bond donors (Lipinski definition) is 0. The van der Waals surface area contributed by atoms with Crippen molar-refractivity contribution in [2.24, 2.45) is 5.92 Å². The SMILES string of the molecule is CCCCC(CC)COC(=O)COC. The standard InChI is InChI=1S/C11H22O3/c1-4-6-7-10(5-2)8-14-11(12)9-13-3/h10H,4-9H2,1-3H3. The van der Waals surface area contributed by atoms with Crippen LogP contribution in [0.1, 0.15) is 39.5 Å². The summed E-state index contributed by atoms with van der Waals surface area (Å²) in [6, 6.07) is 0. The van der Waals surface area contributed by atoms with Crippen LogP contribution in [0, 0.1) is 5.92 Å². The first-order valence-electron chi connectivity index (χ1n) is 5.39. The Labute approximate surface area is 86.8 Å². The number of hydrogen-bond acceptors (Lipinski definition) is 3. The lowest BCUT2D eigenvalue weighted by atomic mass is 10.0. The van der Waals surface area contributed by atoms with Crippen LogP contribution in [-0.4, -0.2) is 26.3 Å². The highest BCUT2D eigenvalue weighted by molar-refractivity contribution is 5.70. The van der Waals surface area contributed by atoms with Crippen molar-refractivity contribution in [1.82, 2.24) is 0 Å². The molecule has 1 unspecified atom stereocenters. The second-order valence-corrected chi connectivity index (χ2v) is 3.53. The maximum absolute atomic E-state index is 11.0. The van der Waals surface area contributed by atoms with Crippen molar-refractivity contribution < 1.29 is 14.3 Å². The molecule has 0 aliphatic carbocycles. The van der Waals surface area contributed by atoms with Crippen LogP contribution < -0.4 is 0 Å². The number of carbonyl (C=O) groups excluding carboxylic acids is 1. The Morgan fingerprint density at radius 2 is 2.07 bits per heavy atom. The van der Waals surface area contributed by atoms with Gasteiger partial charge in [-0.2, -0.15) is 0 Å². The lowest BCUT2D eigenvalue weighted by Gasteiger charge is -2.14. The van der Waals surface area contributed by atoms with E-state index < -0.39 is 0 Å². The molecule has 0 radical (unpaired) electrons. The molecule has 0 bridgehead atoms. The molecule has 0 rings (SSSR count). The Hall–Kier alpha value is -0.570. The van der Waals surface area contributed by atoms with Gasteiger partial charge in [-0.05, 0) is 12.3 Å². The number of ether oxygens (including phenoxy) is 2. The fourth-order valence-corrected chi connectivity index (χ4v) is 1.27. The molecule has 0 aliphatic heterocycles. The maximum Gasteiger partial charge on any atom is 0.332 e. The van der Waals surface area contributed by atoms with Crippen molar-refractivity contribution >= 4 is 5.97 Å². The summed E-state index contributed by atoms with van der Waals surface area (Å²) in [4.78, 5) is 11.0. The zero-order chi connectivity index (χ0) is 10.8. The highest BCUT2D eigenvalue weighted by atomic mass is 16.6. The lowest BCUT2D eigenvalue weighted by molar-refractivity contribution is -0.149. The third kappa shape index (κ3) is 6.89. The molecule has 0 spiro atoms. The van der Waals surface area contributed by atoms with E-state index in [1.165, 1.54) is 20.0 Å². The van der Waals surface area contributed by atoms with Gasteiger partial charge in [0.1, 0.15) is 6.61 Å². The zero-order valence-electron chi connectivity index (χ0n) is 9.54. The highest BCUT2D eigenvalue weighted by Gasteiger charge is 2.09. The van der Waals surface area contributed by atoms with E-state index in [2.05, 4.69) is 18.6 Å². The van der Waals surface area contributed by atoms with Crippen LogP contribution in [-0.2, 0) is 14.3 Å². The molecule has 84 valence electrons. The molecular weight excluding hydrogens is 180 g/mol. The molecule has 0 fully saturated rings. The van der Waals surface area contributed by atoms with Gasteiger partial charge >= 0.3 is 5.97 Å². The van der Waals surface area contributed by atoms with Gasteiger partial charge in [0.25, 0.3) is 0 Å². The molecule has 0 aliphatic rings. The topological polar surface area (TPSA) is 35.5 Å². The van der Waals surface area contributed by atoms with Gasteiger partial charge < -0.3 is 9.47 Å². The molecule has 0 saturated carbocycles. The largest absolute Gasteiger partial charge is 0.464 e. The number of rotatable bonds is 8. The first-order valence-corrected chi connectivity index (χ1v) is 5.39. The molecule has 0 aromatic carbocycles. The molecule has 0 aromatic rings. The van der Waals surface area contributed by atoms with E-state index in [1.54, 1.807) is 0 Å². The first-order chi connectivity index (χ1) is 6.74. The molecular formula is C11H22O3. The second-order valence-electron chi connectivity index (χ2n) is 3.53. The number of esters is 1.